The molecule has 1 aliphatic carbocycles. The molecule has 1 saturated carbocycles. The lowest BCUT2D eigenvalue weighted by molar-refractivity contribution is -0.123. The van der Waals surface area contributed by atoms with E-state index in [0.29, 0.717) is 23.7 Å². The highest BCUT2D eigenvalue weighted by atomic mass is 16.2. The van der Waals surface area contributed by atoms with E-state index in [9.17, 15) is 9.59 Å². The topological polar surface area (TPSA) is 97.1 Å². The monoisotopic (exact) mass is 442 g/mol. The number of rotatable bonds is 8. The molecule has 0 saturated heterocycles. The fraction of sp³-hybridized carbons (Fsp3) is 0.296. The number of carbonyl (C=O) groups excluding carboxylic acids is 2. The zero-order valence-electron chi connectivity index (χ0n) is 18.6. The van der Waals surface area contributed by atoms with Gasteiger partial charge in [0.25, 0.3) is 5.91 Å². The molecular weight excluding hydrogens is 412 g/mol. The molecule has 1 aliphatic rings. The van der Waals surface area contributed by atoms with Crippen LogP contribution in [0.3, 0.4) is 0 Å². The summed E-state index contributed by atoms with van der Waals surface area (Å²) in [5.41, 5.74) is 9.53. The van der Waals surface area contributed by atoms with Crippen LogP contribution in [0.4, 0.5) is 5.69 Å². The van der Waals surface area contributed by atoms with Crippen molar-refractivity contribution in [3.05, 3.63) is 95.8 Å². The van der Waals surface area contributed by atoms with Crippen molar-refractivity contribution in [3.8, 4) is 0 Å². The number of aromatic nitrogens is 1. The van der Waals surface area contributed by atoms with E-state index in [4.69, 9.17) is 5.73 Å². The summed E-state index contributed by atoms with van der Waals surface area (Å²) in [7, 11) is 0. The Labute approximate surface area is 194 Å². The lowest BCUT2D eigenvalue weighted by atomic mass is 9.84. The first-order chi connectivity index (χ1) is 16.1. The first-order valence-electron chi connectivity index (χ1n) is 11.5. The van der Waals surface area contributed by atoms with Crippen LogP contribution in [-0.2, 0) is 4.79 Å². The lowest BCUT2D eigenvalue weighted by Gasteiger charge is -2.24. The molecule has 170 valence electrons. The smallest absolute Gasteiger partial charge is 0.255 e. The molecule has 2 atom stereocenters. The zero-order chi connectivity index (χ0) is 23.0. The van der Waals surface area contributed by atoms with E-state index in [1.165, 1.54) is 12.8 Å². The van der Waals surface area contributed by atoms with Crippen LogP contribution in [0.15, 0.2) is 79.1 Å². The minimum absolute atomic E-state index is 0.0388. The van der Waals surface area contributed by atoms with Gasteiger partial charge in [-0.05, 0) is 54.2 Å². The van der Waals surface area contributed by atoms with E-state index in [2.05, 4.69) is 15.6 Å². The third-order valence-corrected chi connectivity index (χ3v) is 6.35. The third kappa shape index (κ3) is 5.84. The predicted octanol–water partition coefficient (Wildman–Crippen LogP) is 4.42. The maximum atomic E-state index is 13.2. The average molecular weight is 443 g/mol. The largest absolute Gasteiger partial charge is 0.354 e. The van der Waals surface area contributed by atoms with Gasteiger partial charge in [0.1, 0.15) is 0 Å². The normalized spacial score (nSPS) is 15.5. The van der Waals surface area contributed by atoms with Crippen molar-refractivity contribution >= 4 is 17.5 Å². The number of amides is 2. The number of pyridine rings is 1. The summed E-state index contributed by atoms with van der Waals surface area (Å²) in [5, 5.41) is 5.91. The SMILES string of the molecule is NC(CNC(=O)C(c1ccccc1)C1CCCC1)c1ccc(C(=O)Nc2ccncc2)cc1. The molecule has 0 radical (unpaired) electrons. The van der Waals surface area contributed by atoms with Crippen LogP contribution in [0, 0.1) is 5.92 Å². The summed E-state index contributed by atoms with van der Waals surface area (Å²) in [6, 6.07) is 20.3. The molecule has 1 aromatic heterocycles. The zero-order valence-corrected chi connectivity index (χ0v) is 18.6. The average Bonchev–Trinajstić information content (AvgIpc) is 3.38. The number of nitrogens with two attached hydrogens (primary N) is 1. The number of benzene rings is 2. The Hall–Kier alpha value is -3.51. The second-order valence-electron chi connectivity index (χ2n) is 8.60. The van der Waals surface area contributed by atoms with Gasteiger partial charge in [0, 0.05) is 36.2 Å². The van der Waals surface area contributed by atoms with Crippen molar-refractivity contribution in [1.82, 2.24) is 10.3 Å². The summed E-state index contributed by atoms with van der Waals surface area (Å²) >= 11 is 0. The van der Waals surface area contributed by atoms with Crippen LogP contribution >= 0.6 is 0 Å². The minimum atomic E-state index is -0.355. The van der Waals surface area contributed by atoms with Gasteiger partial charge in [-0.2, -0.15) is 0 Å². The van der Waals surface area contributed by atoms with Crippen molar-refractivity contribution < 1.29 is 9.59 Å². The van der Waals surface area contributed by atoms with Gasteiger partial charge in [0.05, 0.1) is 5.92 Å². The van der Waals surface area contributed by atoms with Crippen molar-refractivity contribution in [2.45, 2.75) is 37.6 Å². The summed E-state index contributed by atoms with van der Waals surface area (Å²) in [6.07, 6.45) is 7.79. The van der Waals surface area contributed by atoms with Gasteiger partial charge in [0.2, 0.25) is 5.91 Å². The molecule has 1 heterocycles. The van der Waals surface area contributed by atoms with E-state index >= 15 is 0 Å². The molecule has 2 aromatic carbocycles. The molecule has 2 amide bonds. The van der Waals surface area contributed by atoms with E-state index in [1.54, 1.807) is 36.7 Å². The van der Waals surface area contributed by atoms with Crippen LogP contribution in [0.25, 0.3) is 0 Å². The number of nitrogens with one attached hydrogen (secondary N) is 2. The number of anilines is 1. The van der Waals surface area contributed by atoms with Crippen LogP contribution in [-0.4, -0.2) is 23.3 Å². The Bertz CT molecular complexity index is 1050. The first kappa shape index (κ1) is 22.7. The number of carbonyl (C=O) groups is 2. The van der Waals surface area contributed by atoms with Gasteiger partial charge >= 0.3 is 0 Å². The number of hydrogen-bond acceptors (Lipinski definition) is 4. The summed E-state index contributed by atoms with van der Waals surface area (Å²) < 4.78 is 0. The molecule has 3 aromatic rings. The maximum Gasteiger partial charge on any atom is 0.255 e. The lowest BCUT2D eigenvalue weighted by Crippen LogP contribution is -2.37. The van der Waals surface area contributed by atoms with E-state index < -0.39 is 0 Å². The standard InChI is InChI=1S/C27H30N4O2/c28-24(19-10-12-22(13-11-19)26(32)31-23-14-16-29-17-15-23)18-30-27(33)25(21-8-4-5-9-21)20-6-2-1-3-7-20/h1-3,6-7,10-17,21,24-25H,4-5,8-9,18,28H2,(H,30,33)(H,29,31,32). The summed E-state index contributed by atoms with van der Waals surface area (Å²) in [6.45, 7) is 0.345. The summed E-state index contributed by atoms with van der Waals surface area (Å²) in [5.74, 6) is 0.0794. The van der Waals surface area contributed by atoms with Crippen molar-refractivity contribution in [1.29, 1.82) is 0 Å². The highest BCUT2D eigenvalue weighted by Gasteiger charge is 2.32. The fourth-order valence-corrected chi connectivity index (χ4v) is 4.55. The van der Waals surface area contributed by atoms with Crippen LogP contribution in [0.5, 0.6) is 0 Å². The van der Waals surface area contributed by atoms with Crippen LogP contribution in [0.1, 0.15) is 59.1 Å². The molecule has 0 spiro atoms. The molecule has 0 bridgehead atoms. The van der Waals surface area contributed by atoms with E-state index in [-0.39, 0.29) is 23.8 Å². The Morgan fingerprint density at radius 2 is 1.58 bits per heavy atom. The van der Waals surface area contributed by atoms with Gasteiger partial charge < -0.3 is 16.4 Å². The van der Waals surface area contributed by atoms with Crippen molar-refractivity contribution in [3.63, 3.8) is 0 Å². The third-order valence-electron chi connectivity index (χ3n) is 6.35. The fourth-order valence-electron chi connectivity index (χ4n) is 4.55. The van der Waals surface area contributed by atoms with Gasteiger partial charge in [-0.25, -0.2) is 0 Å². The number of hydrogen-bond donors (Lipinski definition) is 3. The number of nitrogens with zero attached hydrogens (tertiary/aromatic N) is 1. The molecule has 6 nitrogen and oxygen atoms in total. The van der Waals surface area contributed by atoms with Crippen molar-refractivity contribution in [2.75, 3.05) is 11.9 Å². The van der Waals surface area contributed by atoms with Gasteiger partial charge in [-0.1, -0.05) is 55.3 Å². The molecule has 2 unspecified atom stereocenters. The second-order valence-corrected chi connectivity index (χ2v) is 8.60. The van der Waals surface area contributed by atoms with Gasteiger partial charge in [0.15, 0.2) is 0 Å². The molecule has 4 rings (SSSR count). The molecule has 6 heteroatoms. The van der Waals surface area contributed by atoms with Crippen molar-refractivity contribution in [2.24, 2.45) is 11.7 Å². The maximum absolute atomic E-state index is 13.2. The van der Waals surface area contributed by atoms with Gasteiger partial charge in [-0.15, -0.1) is 0 Å². The van der Waals surface area contributed by atoms with E-state index in [1.807, 2.05) is 42.5 Å². The van der Waals surface area contributed by atoms with Crippen LogP contribution in [0.2, 0.25) is 0 Å². The Balaban J connectivity index is 1.36. The molecule has 0 aliphatic heterocycles. The van der Waals surface area contributed by atoms with Gasteiger partial charge in [-0.3, -0.25) is 14.6 Å². The molecule has 1 fully saturated rings. The minimum Gasteiger partial charge on any atom is -0.354 e. The quantitative estimate of drug-likeness (QED) is 0.481. The Kier molecular flexibility index (Phi) is 7.47. The molecule has 33 heavy (non-hydrogen) atoms. The Morgan fingerprint density at radius 1 is 0.909 bits per heavy atom. The molecular formula is C27H30N4O2. The highest BCUT2D eigenvalue weighted by Crippen LogP contribution is 2.37. The highest BCUT2D eigenvalue weighted by molar-refractivity contribution is 6.04. The summed E-state index contributed by atoms with van der Waals surface area (Å²) in [4.78, 5) is 29.5. The van der Waals surface area contributed by atoms with Crippen LogP contribution < -0.4 is 16.4 Å². The second kappa shape index (κ2) is 10.9. The molecule has 4 N–H and O–H groups in total. The first-order valence-corrected chi connectivity index (χ1v) is 11.5. The van der Waals surface area contributed by atoms with E-state index in [0.717, 1.165) is 24.0 Å². The Morgan fingerprint density at radius 3 is 2.24 bits per heavy atom. The predicted molar refractivity (Wildman–Crippen MR) is 130 cm³/mol.